The zero-order chi connectivity index (χ0) is 18.2. The molecule has 2 aliphatic heterocycles. The molecule has 25 heavy (non-hydrogen) atoms. The minimum absolute atomic E-state index is 0.0602. The van der Waals surface area contributed by atoms with Crippen molar-refractivity contribution in [1.82, 2.24) is 19.6 Å². The number of carbonyl (C=O) groups excluding carboxylic acids is 1. The third kappa shape index (κ3) is 3.60. The van der Waals surface area contributed by atoms with E-state index in [1.165, 1.54) is 5.56 Å². The Morgan fingerprint density at radius 1 is 1.36 bits per heavy atom. The zero-order valence-corrected chi connectivity index (χ0v) is 16.0. The molecule has 0 saturated carbocycles. The molecular formula is C19H32N4O2. The monoisotopic (exact) mass is 348 g/mol. The van der Waals surface area contributed by atoms with Crippen LogP contribution >= 0.6 is 0 Å². The molecule has 1 spiro atoms. The minimum atomic E-state index is -0.469. The highest BCUT2D eigenvalue weighted by Crippen LogP contribution is 2.45. The van der Waals surface area contributed by atoms with Crippen molar-refractivity contribution in [2.45, 2.75) is 71.7 Å². The summed E-state index contributed by atoms with van der Waals surface area (Å²) in [6, 6.07) is 0. The van der Waals surface area contributed by atoms with Gasteiger partial charge in [-0.1, -0.05) is 0 Å². The summed E-state index contributed by atoms with van der Waals surface area (Å²) in [5.74, 6) is 0.0672. The number of aryl methyl sites for hydroxylation is 1. The van der Waals surface area contributed by atoms with Gasteiger partial charge in [-0.15, -0.1) is 0 Å². The van der Waals surface area contributed by atoms with E-state index in [1.807, 2.05) is 29.6 Å². The van der Waals surface area contributed by atoms with Crippen LogP contribution in [-0.2, 0) is 17.9 Å². The van der Waals surface area contributed by atoms with E-state index in [9.17, 15) is 9.90 Å². The van der Waals surface area contributed by atoms with Crippen LogP contribution in [0.4, 0.5) is 0 Å². The fourth-order valence-corrected chi connectivity index (χ4v) is 4.43. The Hall–Kier alpha value is -1.40. The lowest BCUT2D eigenvalue weighted by Gasteiger charge is -2.55. The van der Waals surface area contributed by atoms with Gasteiger partial charge in [0.05, 0.1) is 17.8 Å². The Labute approximate surface area is 150 Å². The second-order valence-electron chi connectivity index (χ2n) is 8.46. The Bertz CT molecular complexity index is 617. The van der Waals surface area contributed by atoms with Gasteiger partial charge in [-0.05, 0) is 58.5 Å². The molecule has 2 saturated heterocycles. The third-order valence-electron chi connectivity index (χ3n) is 6.34. The Morgan fingerprint density at radius 3 is 2.60 bits per heavy atom. The molecule has 0 aromatic carbocycles. The molecule has 1 amide bonds. The second kappa shape index (κ2) is 6.72. The van der Waals surface area contributed by atoms with E-state index < -0.39 is 11.6 Å². The molecule has 6 nitrogen and oxygen atoms in total. The van der Waals surface area contributed by atoms with Crippen LogP contribution < -0.4 is 0 Å². The van der Waals surface area contributed by atoms with E-state index >= 15 is 0 Å². The van der Waals surface area contributed by atoms with E-state index in [4.69, 9.17) is 0 Å². The van der Waals surface area contributed by atoms with Crippen molar-refractivity contribution in [1.29, 1.82) is 0 Å². The van der Waals surface area contributed by atoms with Crippen molar-refractivity contribution in [3.8, 4) is 0 Å². The predicted molar refractivity (Wildman–Crippen MR) is 96.9 cm³/mol. The predicted octanol–water partition coefficient (Wildman–Crippen LogP) is 1.88. The van der Waals surface area contributed by atoms with Crippen molar-refractivity contribution in [2.24, 2.45) is 5.41 Å². The topological polar surface area (TPSA) is 61.6 Å². The van der Waals surface area contributed by atoms with Crippen molar-refractivity contribution in [2.75, 3.05) is 19.6 Å². The average Bonchev–Trinajstić information content (AvgIpc) is 3.01. The molecule has 3 rings (SSSR count). The van der Waals surface area contributed by atoms with Gasteiger partial charge in [-0.2, -0.15) is 5.10 Å². The number of likely N-dealkylation sites (tertiary alicyclic amines) is 2. The molecule has 1 atom stereocenters. The first-order chi connectivity index (χ1) is 11.8. The molecule has 2 aliphatic rings. The number of aromatic nitrogens is 2. The van der Waals surface area contributed by atoms with Crippen LogP contribution in [0.25, 0.3) is 0 Å². The van der Waals surface area contributed by atoms with Crippen LogP contribution in [0.15, 0.2) is 12.4 Å². The number of nitrogens with zero attached hydrogens (tertiary/aromatic N) is 4. The normalized spacial score (nSPS) is 26.1. The van der Waals surface area contributed by atoms with Gasteiger partial charge in [0, 0.05) is 38.3 Å². The smallest absolute Gasteiger partial charge is 0.219 e. The molecule has 0 aliphatic carbocycles. The SMILES string of the molecule is CCn1cc(CN2CCC3(CC2)C[C@H](O)C(C)(C)N(C(C)=O)C3)cn1. The molecule has 0 bridgehead atoms. The first kappa shape index (κ1) is 18.4. The fourth-order valence-electron chi connectivity index (χ4n) is 4.43. The molecule has 1 aromatic heterocycles. The Balaban J connectivity index is 1.63. The van der Waals surface area contributed by atoms with Gasteiger partial charge in [0.25, 0.3) is 0 Å². The van der Waals surface area contributed by atoms with Crippen LogP contribution in [0, 0.1) is 5.41 Å². The number of hydrogen-bond donors (Lipinski definition) is 1. The van der Waals surface area contributed by atoms with E-state index in [2.05, 4.69) is 23.1 Å². The number of carbonyl (C=O) groups is 1. The first-order valence-electron chi connectivity index (χ1n) is 9.46. The van der Waals surface area contributed by atoms with Crippen LogP contribution in [0.1, 0.15) is 52.5 Å². The summed E-state index contributed by atoms with van der Waals surface area (Å²) < 4.78 is 1.96. The van der Waals surface area contributed by atoms with Crippen molar-refractivity contribution < 1.29 is 9.90 Å². The van der Waals surface area contributed by atoms with Crippen molar-refractivity contribution in [3.05, 3.63) is 18.0 Å². The van der Waals surface area contributed by atoms with Gasteiger partial charge < -0.3 is 10.0 Å². The Kier molecular flexibility index (Phi) is 4.95. The van der Waals surface area contributed by atoms with Gasteiger partial charge in [0.1, 0.15) is 0 Å². The summed E-state index contributed by atoms with van der Waals surface area (Å²) in [6.07, 6.45) is 6.48. The highest BCUT2D eigenvalue weighted by atomic mass is 16.3. The molecular weight excluding hydrogens is 316 g/mol. The molecule has 3 heterocycles. The maximum atomic E-state index is 12.1. The number of aliphatic hydroxyl groups is 1. The summed E-state index contributed by atoms with van der Waals surface area (Å²) >= 11 is 0. The lowest BCUT2D eigenvalue weighted by atomic mass is 9.67. The molecule has 1 N–H and O–H groups in total. The summed E-state index contributed by atoms with van der Waals surface area (Å²) in [4.78, 5) is 16.5. The van der Waals surface area contributed by atoms with Gasteiger partial charge in [0.2, 0.25) is 5.91 Å². The van der Waals surface area contributed by atoms with E-state index in [0.29, 0.717) is 0 Å². The zero-order valence-electron chi connectivity index (χ0n) is 16.0. The first-order valence-corrected chi connectivity index (χ1v) is 9.46. The highest BCUT2D eigenvalue weighted by Gasteiger charge is 2.50. The largest absolute Gasteiger partial charge is 0.391 e. The van der Waals surface area contributed by atoms with E-state index in [-0.39, 0.29) is 11.3 Å². The second-order valence-corrected chi connectivity index (χ2v) is 8.46. The fraction of sp³-hybridized carbons (Fsp3) is 0.789. The quantitative estimate of drug-likeness (QED) is 0.906. The number of aliphatic hydroxyl groups excluding tert-OH is 1. The summed E-state index contributed by atoms with van der Waals surface area (Å²) in [5.41, 5.74) is 0.848. The lowest BCUT2D eigenvalue weighted by Crippen LogP contribution is -2.64. The molecule has 2 fully saturated rings. The van der Waals surface area contributed by atoms with Gasteiger partial charge in [-0.3, -0.25) is 14.4 Å². The molecule has 140 valence electrons. The van der Waals surface area contributed by atoms with Crippen LogP contribution in [-0.4, -0.2) is 61.9 Å². The minimum Gasteiger partial charge on any atom is -0.391 e. The van der Waals surface area contributed by atoms with Gasteiger partial charge in [0.15, 0.2) is 0 Å². The number of amides is 1. The van der Waals surface area contributed by atoms with Crippen molar-refractivity contribution in [3.63, 3.8) is 0 Å². The maximum Gasteiger partial charge on any atom is 0.219 e. The van der Waals surface area contributed by atoms with Crippen LogP contribution in [0.5, 0.6) is 0 Å². The molecule has 0 radical (unpaired) electrons. The molecule has 0 unspecified atom stereocenters. The molecule has 6 heteroatoms. The van der Waals surface area contributed by atoms with Gasteiger partial charge in [-0.25, -0.2) is 0 Å². The van der Waals surface area contributed by atoms with E-state index in [1.54, 1.807) is 6.92 Å². The van der Waals surface area contributed by atoms with Crippen molar-refractivity contribution >= 4 is 5.91 Å². The van der Waals surface area contributed by atoms with Gasteiger partial charge >= 0.3 is 0 Å². The maximum absolute atomic E-state index is 12.1. The molecule has 1 aromatic rings. The summed E-state index contributed by atoms with van der Waals surface area (Å²) in [5, 5.41) is 15.0. The number of piperidine rings is 2. The summed E-state index contributed by atoms with van der Waals surface area (Å²) in [7, 11) is 0. The third-order valence-corrected chi connectivity index (χ3v) is 6.34. The average molecular weight is 348 g/mol. The van der Waals surface area contributed by atoms with E-state index in [0.717, 1.165) is 52.0 Å². The number of rotatable bonds is 3. The standard InChI is InChI=1S/C19H32N4O2/c1-5-22-13-16(11-20-22)12-21-8-6-19(7-9-21)10-17(25)18(3,4)23(14-19)15(2)24/h11,13,17,25H,5-10,12,14H2,1-4H3/t17-/m0/s1. The van der Waals surface area contributed by atoms with Crippen LogP contribution in [0.3, 0.4) is 0 Å². The Morgan fingerprint density at radius 2 is 2.04 bits per heavy atom. The highest BCUT2D eigenvalue weighted by molar-refractivity contribution is 5.74. The number of hydrogen-bond acceptors (Lipinski definition) is 4. The lowest BCUT2D eigenvalue weighted by molar-refractivity contribution is -0.157. The summed E-state index contributed by atoms with van der Waals surface area (Å²) in [6.45, 7) is 12.3. The van der Waals surface area contributed by atoms with Crippen LogP contribution in [0.2, 0.25) is 0 Å².